The smallest absolute Gasteiger partial charge is 0.138 e. The van der Waals surface area contributed by atoms with E-state index in [1.807, 2.05) is 6.07 Å². The Morgan fingerprint density at radius 1 is 1.25 bits per heavy atom. The zero-order valence-electron chi connectivity index (χ0n) is 9.13. The summed E-state index contributed by atoms with van der Waals surface area (Å²) in [5.74, 6) is 0.586. The van der Waals surface area contributed by atoms with Gasteiger partial charge in [-0.15, -0.1) is 0 Å². The molecular weight excluding hydrogens is 247 g/mol. The molecule has 1 aromatic rings. The number of hydrogen-bond acceptors (Lipinski definition) is 2. The van der Waals surface area contributed by atoms with E-state index in [-0.39, 0.29) is 0 Å². The lowest BCUT2D eigenvalue weighted by atomic mass is 10.1. The van der Waals surface area contributed by atoms with Crippen LogP contribution >= 0.6 is 23.2 Å². The van der Waals surface area contributed by atoms with Crippen molar-refractivity contribution in [2.45, 2.75) is 25.7 Å². The van der Waals surface area contributed by atoms with E-state index in [2.05, 4.69) is 0 Å². The third-order valence-corrected chi connectivity index (χ3v) is 2.99. The van der Waals surface area contributed by atoms with E-state index < -0.39 is 0 Å². The molecule has 4 heteroatoms. The molecule has 88 valence electrons. The van der Waals surface area contributed by atoms with E-state index in [0.717, 1.165) is 31.1 Å². The SMILES string of the molecule is COc1cc(Cl)c(CCCCC=O)cc1Cl. The number of hydrogen-bond donors (Lipinski definition) is 0. The van der Waals surface area contributed by atoms with Crippen molar-refractivity contribution in [2.24, 2.45) is 0 Å². The zero-order chi connectivity index (χ0) is 12.0. The van der Waals surface area contributed by atoms with Crippen LogP contribution < -0.4 is 4.74 Å². The largest absolute Gasteiger partial charge is 0.495 e. The average Bonchev–Trinajstić information content (AvgIpc) is 2.28. The number of carbonyl (C=O) groups excluding carboxylic acids is 1. The van der Waals surface area contributed by atoms with Crippen molar-refractivity contribution in [3.05, 3.63) is 27.7 Å². The van der Waals surface area contributed by atoms with Gasteiger partial charge in [-0.2, -0.15) is 0 Å². The van der Waals surface area contributed by atoms with Crippen molar-refractivity contribution < 1.29 is 9.53 Å². The lowest BCUT2D eigenvalue weighted by Crippen LogP contribution is -1.91. The Morgan fingerprint density at radius 2 is 2.00 bits per heavy atom. The summed E-state index contributed by atoms with van der Waals surface area (Å²) in [5, 5.41) is 1.23. The highest BCUT2D eigenvalue weighted by molar-refractivity contribution is 6.34. The van der Waals surface area contributed by atoms with Gasteiger partial charge in [0, 0.05) is 17.5 Å². The monoisotopic (exact) mass is 260 g/mol. The molecule has 2 nitrogen and oxygen atoms in total. The predicted molar refractivity (Wildman–Crippen MR) is 66.6 cm³/mol. The van der Waals surface area contributed by atoms with E-state index in [1.165, 1.54) is 0 Å². The Bertz CT molecular complexity index is 364. The maximum Gasteiger partial charge on any atom is 0.138 e. The molecule has 0 fully saturated rings. The standard InChI is InChI=1S/C12H14Cl2O2/c1-16-12-8-10(13)9(7-11(12)14)5-3-2-4-6-15/h6-8H,2-5H2,1H3. The maximum atomic E-state index is 10.2. The minimum Gasteiger partial charge on any atom is -0.495 e. The van der Waals surface area contributed by atoms with Crippen molar-refractivity contribution >= 4 is 29.5 Å². The fourth-order valence-electron chi connectivity index (χ4n) is 1.46. The topological polar surface area (TPSA) is 26.3 Å². The lowest BCUT2D eigenvalue weighted by Gasteiger charge is -2.08. The summed E-state index contributed by atoms with van der Waals surface area (Å²) in [7, 11) is 1.56. The number of benzene rings is 1. The van der Waals surface area contributed by atoms with Crippen LogP contribution in [0, 0.1) is 0 Å². The minimum absolute atomic E-state index is 0.567. The zero-order valence-corrected chi connectivity index (χ0v) is 10.6. The molecule has 0 N–H and O–H groups in total. The third-order valence-electron chi connectivity index (χ3n) is 2.34. The van der Waals surface area contributed by atoms with Crippen molar-refractivity contribution in [1.29, 1.82) is 0 Å². The Hall–Kier alpha value is -0.730. The summed E-state index contributed by atoms with van der Waals surface area (Å²) < 4.78 is 5.06. The van der Waals surface area contributed by atoms with E-state index in [1.54, 1.807) is 13.2 Å². The van der Waals surface area contributed by atoms with E-state index in [0.29, 0.717) is 22.2 Å². The van der Waals surface area contributed by atoms with Gasteiger partial charge in [0.2, 0.25) is 0 Å². The van der Waals surface area contributed by atoms with Crippen LogP contribution in [0.3, 0.4) is 0 Å². The number of unbranched alkanes of at least 4 members (excludes halogenated alkanes) is 2. The number of rotatable bonds is 6. The Kier molecular flexibility index (Phi) is 5.64. The molecule has 0 unspecified atom stereocenters. The first-order valence-electron chi connectivity index (χ1n) is 5.14. The van der Waals surface area contributed by atoms with E-state index >= 15 is 0 Å². The van der Waals surface area contributed by atoms with Gasteiger partial charge in [-0.05, 0) is 30.9 Å². The normalized spacial score (nSPS) is 10.2. The number of aldehydes is 1. The number of carbonyl (C=O) groups is 1. The lowest BCUT2D eigenvalue weighted by molar-refractivity contribution is -0.107. The molecular formula is C12H14Cl2O2. The molecule has 0 radical (unpaired) electrons. The Labute approximate surface area is 106 Å². The van der Waals surface area contributed by atoms with Crippen molar-refractivity contribution in [3.8, 4) is 5.75 Å². The van der Waals surface area contributed by atoms with E-state index in [9.17, 15) is 4.79 Å². The minimum atomic E-state index is 0.567. The van der Waals surface area contributed by atoms with Crippen LogP contribution in [0.15, 0.2) is 12.1 Å². The summed E-state index contributed by atoms with van der Waals surface area (Å²) in [6.45, 7) is 0. The van der Waals surface area contributed by atoms with Gasteiger partial charge in [-0.3, -0.25) is 0 Å². The van der Waals surface area contributed by atoms with Crippen LogP contribution in [-0.4, -0.2) is 13.4 Å². The second-order valence-corrected chi connectivity index (χ2v) is 4.31. The quantitative estimate of drug-likeness (QED) is 0.573. The van der Waals surface area contributed by atoms with Gasteiger partial charge in [-0.25, -0.2) is 0 Å². The number of methoxy groups -OCH3 is 1. The Balaban J connectivity index is 2.66. The molecule has 0 aliphatic rings. The van der Waals surface area contributed by atoms with Crippen molar-refractivity contribution in [1.82, 2.24) is 0 Å². The molecule has 0 saturated carbocycles. The van der Waals surface area contributed by atoms with Gasteiger partial charge in [0.15, 0.2) is 0 Å². The molecule has 0 aromatic heterocycles. The fourth-order valence-corrected chi connectivity index (χ4v) is 1.97. The Morgan fingerprint density at radius 3 is 2.62 bits per heavy atom. The number of halogens is 2. The molecule has 0 bridgehead atoms. The second kappa shape index (κ2) is 6.77. The number of aryl methyl sites for hydroxylation is 1. The highest BCUT2D eigenvalue weighted by Gasteiger charge is 2.07. The van der Waals surface area contributed by atoms with Crippen LogP contribution in [0.5, 0.6) is 5.75 Å². The van der Waals surface area contributed by atoms with Gasteiger partial charge in [-0.1, -0.05) is 23.2 Å². The summed E-state index contributed by atoms with van der Waals surface area (Å²) in [4.78, 5) is 10.2. The molecule has 0 aliphatic carbocycles. The average molecular weight is 261 g/mol. The van der Waals surface area contributed by atoms with Crippen LogP contribution in [0.4, 0.5) is 0 Å². The molecule has 0 amide bonds. The summed E-state index contributed by atoms with van der Waals surface area (Å²) >= 11 is 12.1. The van der Waals surface area contributed by atoms with Gasteiger partial charge in [0.25, 0.3) is 0 Å². The third kappa shape index (κ3) is 3.69. The first-order chi connectivity index (χ1) is 7.69. The summed E-state index contributed by atoms with van der Waals surface area (Å²) in [6, 6.07) is 3.54. The van der Waals surface area contributed by atoms with Gasteiger partial charge < -0.3 is 9.53 Å². The van der Waals surface area contributed by atoms with Gasteiger partial charge >= 0.3 is 0 Å². The first-order valence-corrected chi connectivity index (χ1v) is 5.90. The highest BCUT2D eigenvalue weighted by atomic mass is 35.5. The predicted octanol–water partition coefficient (Wildman–Crippen LogP) is 3.91. The van der Waals surface area contributed by atoms with Crippen LogP contribution in [-0.2, 0) is 11.2 Å². The molecule has 0 aliphatic heterocycles. The van der Waals surface area contributed by atoms with Crippen molar-refractivity contribution in [3.63, 3.8) is 0 Å². The van der Waals surface area contributed by atoms with Crippen LogP contribution in [0.2, 0.25) is 10.0 Å². The molecule has 0 saturated heterocycles. The van der Waals surface area contributed by atoms with Crippen LogP contribution in [0.1, 0.15) is 24.8 Å². The fraction of sp³-hybridized carbons (Fsp3) is 0.417. The molecule has 16 heavy (non-hydrogen) atoms. The summed E-state index contributed by atoms with van der Waals surface area (Å²) in [5.41, 5.74) is 0.998. The molecule has 1 rings (SSSR count). The second-order valence-electron chi connectivity index (χ2n) is 3.49. The van der Waals surface area contributed by atoms with E-state index in [4.69, 9.17) is 27.9 Å². The number of ether oxygens (including phenoxy) is 1. The summed E-state index contributed by atoms with van der Waals surface area (Å²) in [6.07, 6.45) is 4.17. The van der Waals surface area contributed by atoms with Gasteiger partial charge in [0.05, 0.1) is 12.1 Å². The highest BCUT2D eigenvalue weighted by Crippen LogP contribution is 2.31. The molecule has 1 aromatic carbocycles. The van der Waals surface area contributed by atoms with Gasteiger partial charge in [0.1, 0.15) is 12.0 Å². The van der Waals surface area contributed by atoms with Crippen LogP contribution in [0.25, 0.3) is 0 Å². The van der Waals surface area contributed by atoms with Crippen molar-refractivity contribution in [2.75, 3.05) is 7.11 Å². The molecule has 0 spiro atoms. The molecule has 0 heterocycles. The maximum absolute atomic E-state index is 10.2. The first kappa shape index (κ1) is 13.3. The molecule has 0 atom stereocenters.